The van der Waals surface area contributed by atoms with E-state index in [2.05, 4.69) is 26.5 Å². The minimum atomic E-state index is -0.309. The van der Waals surface area contributed by atoms with Gasteiger partial charge in [0.15, 0.2) is 0 Å². The lowest BCUT2D eigenvalue weighted by atomic mass is 10.0. The van der Waals surface area contributed by atoms with E-state index in [4.69, 9.17) is 9.72 Å². The predicted molar refractivity (Wildman–Crippen MR) is 123 cm³/mol. The van der Waals surface area contributed by atoms with Crippen LogP contribution in [0.25, 0.3) is 22.2 Å². The first-order valence-electron chi connectivity index (χ1n) is 9.28. The van der Waals surface area contributed by atoms with E-state index in [9.17, 15) is 4.79 Å². The van der Waals surface area contributed by atoms with Crippen molar-refractivity contribution in [3.05, 3.63) is 94.5 Å². The molecule has 0 radical (unpaired) electrons. The summed E-state index contributed by atoms with van der Waals surface area (Å²) < 4.78 is 6.22. The smallest absolute Gasteiger partial charge is 0.272 e. The lowest BCUT2D eigenvalue weighted by Crippen LogP contribution is -2.18. The quantitative estimate of drug-likeness (QED) is 0.319. The topological polar surface area (TPSA) is 63.6 Å². The van der Waals surface area contributed by atoms with Gasteiger partial charge in [-0.15, -0.1) is 0 Å². The summed E-state index contributed by atoms with van der Waals surface area (Å²) >= 11 is 3.43. The number of rotatable bonds is 5. The molecule has 0 saturated heterocycles. The van der Waals surface area contributed by atoms with Gasteiger partial charge in [0.25, 0.3) is 5.91 Å². The van der Waals surface area contributed by atoms with Crippen LogP contribution < -0.4 is 10.2 Å². The molecule has 4 aromatic rings. The van der Waals surface area contributed by atoms with Crippen LogP contribution >= 0.6 is 15.9 Å². The molecule has 1 heterocycles. The van der Waals surface area contributed by atoms with Gasteiger partial charge in [-0.2, -0.15) is 5.10 Å². The van der Waals surface area contributed by atoms with Crippen LogP contribution in [0, 0.1) is 0 Å². The molecule has 0 aliphatic carbocycles. The molecule has 0 atom stereocenters. The Morgan fingerprint density at radius 3 is 2.60 bits per heavy atom. The second-order valence-electron chi connectivity index (χ2n) is 6.52. The van der Waals surface area contributed by atoms with Crippen LogP contribution in [-0.2, 0) is 0 Å². The number of hydrogen-bond acceptors (Lipinski definition) is 4. The average molecular weight is 460 g/mol. The van der Waals surface area contributed by atoms with Crippen LogP contribution in [-0.4, -0.2) is 24.2 Å². The van der Waals surface area contributed by atoms with Gasteiger partial charge in [0, 0.05) is 21.0 Å². The van der Waals surface area contributed by atoms with Gasteiger partial charge in [-0.25, -0.2) is 10.4 Å². The van der Waals surface area contributed by atoms with Gasteiger partial charge in [-0.05, 0) is 30.3 Å². The maximum atomic E-state index is 13.0. The zero-order chi connectivity index (χ0) is 20.9. The second kappa shape index (κ2) is 8.88. The highest BCUT2D eigenvalue weighted by Crippen LogP contribution is 2.25. The number of amides is 1. The Morgan fingerprint density at radius 1 is 1.03 bits per heavy atom. The van der Waals surface area contributed by atoms with Crippen LogP contribution in [0.2, 0.25) is 0 Å². The molecule has 0 aliphatic heterocycles. The number of hydrazone groups is 1. The van der Waals surface area contributed by atoms with Gasteiger partial charge < -0.3 is 4.74 Å². The number of para-hydroxylation sites is 1. The third-order valence-corrected chi connectivity index (χ3v) is 5.09. The number of nitrogens with one attached hydrogen (secondary N) is 1. The summed E-state index contributed by atoms with van der Waals surface area (Å²) in [6.45, 7) is 0. The summed E-state index contributed by atoms with van der Waals surface area (Å²) in [4.78, 5) is 17.7. The first-order chi connectivity index (χ1) is 14.7. The van der Waals surface area contributed by atoms with Gasteiger partial charge in [0.1, 0.15) is 5.75 Å². The molecule has 0 saturated carbocycles. The Labute approximate surface area is 182 Å². The van der Waals surface area contributed by atoms with Crippen molar-refractivity contribution in [3.63, 3.8) is 0 Å². The highest BCUT2D eigenvalue weighted by Gasteiger charge is 2.13. The van der Waals surface area contributed by atoms with E-state index in [0.29, 0.717) is 11.3 Å². The average Bonchev–Trinajstić information content (AvgIpc) is 2.79. The Bertz CT molecular complexity index is 1240. The number of halogens is 1. The SMILES string of the molecule is COc1ccc(Br)cc1C=NNC(=O)c1cc(-c2ccccc2)nc2ccccc12. The van der Waals surface area contributed by atoms with Crippen molar-refractivity contribution < 1.29 is 9.53 Å². The lowest BCUT2D eigenvalue weighted by Gasteiger charge is -2.09. The molecule has 0 fully saturated rings. The molecule has 6 heteroatoms. The lowest BCUT2D eigenvalue weighted by molar-refractivity contribution is 0.0956. The first-order valence-corrected chi connectivity index (χ1v) is 10.1. The number of fused-ring (bicyclic) bond motifs is 1. The minimum absolute atomic E-state index is 0.309. The van der Waals surface area contributed by atoms with E-state index in [1.807, 2.05) is 72.8 Å². The van der Waals surface area contributed by atoms with E-state index in [-0.39, 0.29) is 5.91 Å². The normalized spacial score (nSPS) is 11.0. The molecular formula is C24H18BrN3O2. The number of hydrogen-bond donors (Lipinski definition) is 1. The number of nitrogens with zero attached hydrogens (tertiary/aromatic N) is 2. The molecule has 5 nitrogen and oxygen atoms in total. The fourth-order valence-corrected chi connectivity index (χ4v) is 3.53. The molecule has 30 heavy (non-hydrogen) atoms. The van der Waals surface area contributed by atoms with Crippen molar-refractivity contribution in [2.75, 3.05) is 7.11 Å². The van der Waals surface area contributed by atoms with E-state index < -0.39 is 0 Å². The van der Waals surface area contributed by atoms with Crippen LogP contribution in [0.3, 0.4) is 0 Å². The summed E-state index contributed by atoms with van der Waals surface area (Å²) in [5, 5.41) is 4.90. The molecule has 1 aromatic heterocycles. The highest BCUT2D eigenvalue weighted by molar-refractivity contribution is 9.10. The summed E-state index contributed by atoms with van der Waals surface area (Å²) in [7, 11) is 1.59. The molecule has 148 valence electrons. The predicted octanol–water partition coefficient (Wildman–Crippen LogP) is 5.44. The maximum absolute atomic E-state index is 13.0. The molecule has 0 unspecified atom stereocenters. The molecule has 0 bridgehead atoms. The zero-order valence-corrected chi connectivity index (χ0v) is 17.8. The number of carbonyl (C=O) groups is 1. The Kier molecular flexibility index (Phi) is 5.86. The largest absolute Gasteiger partial charge is 0.496 e. The monoisotopic (exact) mass is 459 g/mol. The number of carbonyl (C=O) groups excluding carboxylic acids is 1. The first kappa shape index (κ1) is 19.8. The Morgan fingerprint density at radius 2 is 1.80 bits per heavy atom. The standard InChI is InChI=1S/C24H18BrN3O2/c1-30-23-12-11-18(25)13-17(23)15-26-28-24(29)20-14-22(16-7-3-2-4-8-16)27-21-10-6-5-9-19(20)21/h2-15H,1H3,(H,28,29). The molecule has 3 aromatic carbocycles. The van der Waals surface area contributed by atoms with E-state index in [1.54, 1.807) is 19.4 Å². The zero-order valence-electron chi connectivity index (χ0n) is 16.2. The molecule has 0 spiro atoms. The van der Waals surface area contributed by atoms with Gasteiger partial charge in [0.05, 0.1) is 30.1 Å². The van der Waals surface area contributed by atoms with Crippen molar-refractivity contribution in [2.24, 2.45) is 5.10 Å². The number of methoxy groups -OCH3 is 1. The number of pyridine rings is 1. The summed E-state index contributed by atoms with van der Waals surface area (Å²) in [6.07, 6.45) is 1.56. The van der Waals surface area contributed by atoms with Crippen molar-refractivity contribution in [1.29, 1.82) is 0 Å². The summed E-state index contributed by atoms with van der Waals surface area (Å²) in [5.41, 5.74) is 6.31. The van der Waals surface area contributed by atoms with Gasteiger partial charge in [-0.3, -0.25) is 4.79 Å². The Hall–Kier alpha value is -3.51. The fraction of sp³-hybridized carbons (Fsp3) is 0.0417. The van der Waals surface area contributed by atoms with Crippen molar-refractivity contribution in [3.8, 4) is 17.0 Å². The highest BCUT2D eigenvalue weighted by atomic mass is 79.9. The molecule has 1 amide bonds. The molecular weight excluding hydrogens is 442 g/mol. The van der Waals surface area contributed by atoms with Gasteiger partial charge >= 0.3 is 0 Å². The second-order valence-corrected chi connectivity index (χ2v) is 7.44. The van der Waals surface area contributed by atoms with Crippen molar-refractivity contribution in [1.82, 2.24) is 10.4 Å². The third kappa shape index (κ3) is 4.23. The van der Waals surface area contributed by atoms with Crippen LogP contribution in [0.1, 0.15) is 15.9 Å². The van der Waals surface area contributed by atoms with Crippen LogP contribution in [0.15, 0.2) is 88.4 Å². The van der Waals surface area contributed by atoms with Crippen LogP contribution in [0.5, 0.6) is 5.75 Å². The summed E-state index contributed by atoms with van der Waals surface area (Å²) in [6, 6.07) is 24.7. The molecule has 4 rings (SSSR count). The summed E-state index contributed by atoms with van der Waals surface area (Å²) in [5.74, 6) is 0.355. The molecule has 1 N–H and O–H groups in total. The third-order valence-electron chi connectivity index (χ3n) is 4.59. The molecule has 0 aliphatic rings. The Balaban J connectivity index is 1.67. The van der Waals surface area contributed by atoms with Gasteiger partial charge in [-0.1, -0.05) is 64.5 Å². The van der Waals surface area contributed by atoms with Crippen molar-refractivity contribution in [2.45, 2.75) is 0 Å². The maximum Gasteiger partial charge on any atom is 0.272 e. The van der Waals surface area contributed by atoms with Gasteiger partial charge in [0.2, 0.25) is 0 Å². The number of ether oxygens (including phenoxy) is 1. The van der Waals surface area contributed by atoms with E-state index >= 15 is 0 Å². The fourth-order valence-electron chi connectivity index (χ4n) is 3.15. The number of benzene rings is 3. The van der Waals surface area contributed by atoms with Crippen molar-refractivity contribution >= 4 is 39.0 Å². The number of aromatic nitrogens is 1. The van der Waals surface area contributed by atoms with E-state index in [0.717, 1.165) is 32.2 Å². The van der Waals surface area contributed by atoms with Crippen LogP contribution in [0.4, 0.5) is 0 Å². The van der Waals surface area contributed by atoms with E-state index in [1.165, 1.54) is 0 Å². The minimum Gasteiger partial charge on any atom is -0.496 e.